The van der Waals surface area contributed by atoms with E-state index in [0.29, 0.717) is 28.9 Å². The molecule has 2 aromatic rings. The molecule has 0 bridgehead atoms. The van der Waals surface area contributed by atoms with E-state index in [4.69, 9.17) is 28.3 Å². The predicted octanol–water partition coefficient (Wildman–Crippen LogP) is 7.32. The van der Waals surface area contributed by atoms with Crippen molar-refractivity contribution in [3.05, 3.63) is 74.7 Å². The van der Waals surface area contributed by atoms with Crippen LogP contribution < -0.4 is 10.3 Å². The highest BCUT2D eigenvalue weighted by atomic mass is 79.9. The van der Waals surface area contributed by atoms with Gasteiger partial charge in [-0.15, -0.1) is 0 Å². The highest BCUT2D eigenvalue weighted by Gasteiger charge is 2.30. The number of rotatable bonds is 6. The Labute approximate surface area is 207 Å². The van der Waals surface area contributed by atoms with Gasteiger partial charge in [0.1, 0.15) is 0 Å². The van der Waals surface area contributed by atoms with Crippen LogP contribution in [0.3, 0.4) is 0 Å². The number of allylic oxidation sites excluding steroid dienone is 1. The highest BCUT2D eigenvalue weighted by molar-refractivity contribution is 9.10. The lowest BCUT2D eigenvalue weighted by Gasteiger charge is -2.25. The van der Waals surface area contributed by atoms with Gasteiger partial charge in [-0.05, 0) is 60.7 Å². The summed E-state index contributed by atoms with van der Waals surface area (Å²) in [5.41, 5.74) is 2.83. The van der Waals surface area contributed by atoms with Crippen LogP contribution in [-0.2, 0) is 4.79 Å². The Hall–Kier alpha value is -1.82. The first-order chi connectivity index (χ1) is 15.5. The minimum atomic E-state index is -0.0681. The quantitative estimate of drug-likeness (QED) is 0.394. The Kier molecular flexibility index (Phi) is 7.93. The van der Waals surface area contributed by atoms with Crippen molar-refractivity contribution in [2.24, 2.45) is 11.0 Å². The van der Waals surface area contributed by atoms with Gasteiger partial charge in [0.05, 0.1) is 29.0 Å². The fourth-order valence-electron chi connectivity index (χ4n) is 4.31. The average molecular weight is 535 g/mol. The fraction of sp³-hybridized carbons (Fsp3) is 0.360. The number of carbonyl (C=O) groups excluding carboxylic acids is 1. The van der Waals surface area contributed by atoms with E-state index in [-0.39, 0.29) is 11.9 Å². The van der Waals surface area contributed by atoms with Crippen LogP contribution >= 0.6 is 39.1 Å². The summed E-state index contributed by atoms with van der Waals surface area (Å²) < 4.78 is 1.02. The summed E-state index contributed by atoms with van der Waals surface area (Å²) in [7, 11) is 0. The first-order valence-corrected chi connectivity index (χ1v) is 12.6. The largest absolute Gasteiger partial charge is 0.347 e. The lowest BCUT2D eigenvalue weighted by Crippen LogP contribution is -2.27. The molecule has 1 saturated carbocycles. The van der Waals surface area contributed by atoms with Gasteiger partial charge >= 0.3 is 0 Å². The van der Waals surface area contributed by atoms with Crippen molar-refractivity contribution in [2.45, 2.75) is 44.6 Å². The molecule has 0 saturated heterocycles. The normalized spacial score (nSPS) is 19.4. The Morgan fingerprint density at radius 1 is 1.12 bits per heavy atom. The second kappa shape index (κ2) is 10.9. The molecule has 2 aromatic carbocycles. The van der Waals surface area contributed by atoms with Gasteiger partial charge in [-0.1, -0.05) is 76.6 Å². The van der Waals surface area contributed by atoms with E-state index < -0.39 is 0 Å². The second-order valence-corrected chi connectivity index (χ2v) is 10.1. The SMILES string of the molecule is O=C(C=CC1CCCCC1)NCC1=NN(c2ccc(Cl)cc2Cl)C(c2ccc(Br)cc2)C1. The fourth-order valence-corrected chi connectivity index (χ4v) is 5.07. The van der Waals surface area contributed by atoms with Crippen LogP contribution in [0.5, 0.6) is 0 Å². The number of halogens is 3. The van der Waals surface area contributed by atoms with Crippen molar-refractivity contribution in [1.29, 1.82) is 0 Å². The molecule has 1 heterocycles. The highest BCUT2D eigenvalue weighted by Crippen LogP contribution is 2.39. The van der Waals surface area contributed by atoms with Crippen molar-refractivity contribution in [3.63, 3.8) is 0 Å². The Bertz CT molecular complexity index is 1020. The molecule has 1 aliphatic carbocycles. The van der Waals surface area contributed by atoms with Crippen molar-refractivity contribution in [2.75, 3.05) is 11.6 Å². The number of hydrogen-bond donors (Lipinski definition) is 1. The molecule has 1 fully saturated rings. The third-order valence-electron chi connectivity index (χ3n) is 6.02. The first kappa shape index (κ1) is 23.3. The molecular formula is C25H26BrCl2N3O. The van der Waals surface area contributed by atoms with Gasteiger partial charge in [-0.25, -0.2) is 0 Å². The Balaban J connectivity index is 1.47. The van der Waals surface area contributed by atoms with Crippen LogP contribution in [0.25, 0.3) is 0 Å². The topological polar surface area (TPSA) is 44.7 Å². The molecule has 1 aliphatic heterocycles. The maximum Gasteiger partial charge on any atom is 0.243 e. The summed E-state index contributed by atoms with van der Waals surface area (Å²) in [5.74, 6) is 0.462. The van der Waals surface area contributed by atoms with Gasteiger partial charge in [-0.3, -0.25) is 9.80 Å². The van der Waals surface area contributed by atoms with Crippen LogP contribution in [0.2, 0.25) is 10.0 Å². The van der Waals surface area contributed by atoms with E-state index in [1.54, 1.807) is 12.1 Å². The number of carbonyl (C=O) groups is 1. The molecule has 1 unspecified atom stereocenters. The second-order valence-electron chi connectivity index (χ2n) is 8.35. The summed E-state index contributed by atoms with van der Waals surface area (Å²) in [4.78, 5) is 12.4. The zero-order valence-electron chi connectivity index (χ0n) is 17.7. The molecule has 1 atom stereocenters. The molecule has 0 radical (unpaired) electrons. The maximum absolute atomic E-state index is 12.4. The molecule has 4 nitrogen and oxygen atoms in total. The van der Waals surface area contributed by atoms with E-state index in [9.17, 15) is 4.79 Å². The van der Waals surface area contributed by atoms with Crippen LogP contribution in [0.4, 0.5) is 5.69 Å². The van der Waals surface area contributed by atoms with Crippen LogP contribution in [0, 0.1) is 5.92 Å². The monoisotopic (exact) mass is 533 g/mol. The van der Waals surface area contributed by atoms with E-state index in [0.717, 1.165) is 21.4 Å². The summed E-state index contributed by atoms with van der Waals surface area (Å²) in [6, 6.07) is 13.6. The van der Waals surface area contributed by atoms with Crippen molar-refractivity contribution >= 4 is 56.4 Å². The molecular weight excluding hydrogens is 509 g/mol. The number of nitrogens with one attached hydrogen (secondary N) is 1. The van der Waals surface area contributed by atoms with Gasteiger partial charge in [0.2, 0.25) is 5.91 Å². The van der Waals surface area contributed by atoms with Crippen LogP contribution in [0.15, 0.2) is 64.2 Å². The first-order valence-electron chi connectivity index (χ1n) is 11.0. The molecule has 0 spiro atoms. The molecule has 0 aromatic heterocycles. The zero-order valence-corrected chi connectivity index (χ0v) is 20.8. The number of hydrazone groups is 1. The standard InChI is InChI=1S/C25H26BrCl2N3O/c26-19-9-7-18(8-10-19)24-15-21(30-31(24)23-12-11-20(27)14-22(23)28)16-29-25(32)13-6-17-4-2-1-3-5-17/h6-14,17,24H,1-5,15-16H2,(H,29,32). The molecule has 1 N–H and O–H groups in total. The van der Waals surface area contributed by atoms with E-state index >= 15 is 0 Å². The molecule has 4 rings (SSSR count). The molecule has 168 valence electrons. The smallest absolute Gasteiger partial charge is 0.243 e. The third kappa shape index (κ3) is 5.94. The lowest BCUT2D eigenvalue weighted by molar-refractivity contribution is -0.116. The average Bonchev–Trinajstić information content (AvgIpc) is 3.21. The lowest BCUT2D eigenvalue weighted by atomic mass is 9.89. The number of anilines is 1. The summed E-state index contributed by atoms with van der Waals surface area (Å²) >= 11 is 16.1. The predicted molar refractivity (Wildman–Crippen MR) is 137 cm³/mol. The third-order valence-corrected chi connectivity index (χ3v) is 7.09. The summed E-state index contributed by atoms with van der Waals surface area (Å²) in [5, 5.41) is 10.9. The molecule has 7 heteroatoms. The van der Waals surface area contributed by atoms with E-state index in [2.05, 4.69) is 39.5 Å². The minimum absolute atomic E-state index is 0.00791. The van der Waals surface area contributed by atoms with Gasteiger partial charge in [0, 0.05) is 15.9 Å². The number of amides is 1. The van der Waals surface area contributed by atoms with Gasteiger partial charge in [0.15, 0.2) is 0 Å². The summed E-state index contributed by atoms with van der Waals surface area (Å²) in [6.07, 6.45) is 10.6. The van der Waals surface area contributed by atoms with Gasteiger partial charge in [-0.2, -0.15) is 5.10 Å². The Morgan fingerprint density at radius 3 is 2.59 bits per heavy atom. The number of benzene rings is 2. The van der Waals surface area contributed by atoms with Gasteiger partial charge in [0.25, 0.3) is 0 Å². The minimum Gasteiger partial charge on any atom is -0.347 e. The summed E-state index contributed by atoms with van der Waals surface area (Å²) in [6.45, 7) is 0.405. The number of nitrogens with zero attached hydrogens (tertiary/aromatic N) is 2. The number of hydrogen-bond acceptors (Lipinski definition) is 3. The van der Waals surface area contributed by atoms with Crippen molar-refractivity contribution in [3.8, 4) is 0 Å². The van der Waals surface area contributed by atoms with Crippen molar-refractivity contribution < 1.29 is 4.79 Å². The van der Waals surface area contributed by atoms with Crippen molar-refractivity contribution in [1.82, 2.24) is 5.32 Å². The van der Waals surface area contributed by atoms with Crippen LogP contribution in [-0.4, -0.2) is 18.2 Å². The zero-order chi connectivity index (χ0) is 22.5. The molecule has 32 heavy (non-hydrogen) atoms. The maximum atomic E-state index is 12.4. The Morgan fingerprint density at radius 2 is 1.88 bits per heavy atom. The van der Waals surface area contributed by atoms with Gasteiger partial charge < -0.3 is 5.32 Å². The molecule has 2 aliphatic rings. The molecule has 1 amide bonds. The van der Waals surface area contributed by atoms with E-state index in [1.807, 2.05) is 29.3 Å². The van der Waals surface area contributed by atoms with E-state index in [1.165, 1.54) is 32.1 Å². The van der Waals surface area contributed by atoms with Crippen LogP contribution in [0.1, 0.15) is 50.1 Å².